The number of carbonyl (C=O) groups excluding carboxylic acids is 1. The molecule has 0 amide bonds. The summed E-state index contributed by atoms with van der Waals surface area (Å²) in [6.45, 7) is 0. The largest absolute Gasteiger partial charge is 1.00 e. The Labute approximate surface area is 117 Å². The minimum absolute atomic E-state index is 0. The summed E-state index contributed by atoms with van der Waals surface area (Å²) in [5.74, 6) is -0.560. The fourth-order valence-corrected chi connectivity index (χ4v) is 1.65. The second-order valence-electron chi connectivity index (χ2n) is 2.37. The van der Waals surface area contributed by atoms with Crippen molar-refractivity contribution in [1.29, 1.82) is 0 Å². The van der Waals surface area contributed by atoms with Crippen molar-refractivity contribution in [2.45, 2.75) is 4.90 Å². The molecule has 0 bridgehead atoms. The number of hydrogen-bond acceptors (Lipinski definition) is 4. The van der Waals surface area contributed by atoms with Gasteiger partial charge in [-0.3, -0.25) is 4.21 Å². The van der Waals surface area contributed by atoms with Crippen LogP contribution < -0.4 is 29.6 Å². The molecule has 0 aromatic heterocycles. The van der Waals surface area contributed by atoms with Gasteiger partial charge < -0.3 is 9.29 Å². The Kier molecular flexibility index (Phi) is 6.66. The molecule has 0 saturated heterocycles. The van der Waals surface area contributed by atoms with Crippen LogP contribution >= 0.6 is 11.6 Å². The standard InChI is InChI=1S/C8H7ClO4S.Na/c1-13-8(10)5-2-3-7(14(11)12)6(9)4-5;/h2-4H,1H3,(H,11,12);/q;+1/p-1. The monoisotopic (exact) mass is 256 g/mol. The topological polar surface area (TPSA) is 66.4 Å². The molecule has 1 rings (SSSR count). The van der Waals surface area contributed by atoms with E-state index in [9.17, 15) is 13.6 Å². The first-order valence-corrected chi connectivity index (χ1v) is 4.98. The number of hydrogen-bond donors (Lipinski definition) is 0. The summed E-state index contributed by atoms with van der Waals surface area (Å²) in [7, 11) is 1.23. The van der Waals surface area contributed by atoms with Crippen LogP contribution in [0.2, 0.25) is 5.02 Å². The molecule has 0 fully saturated rings. The number of ether oxygens (including phenoxy) is 1. The SMILES string of the molecule is COC(=O)c1ccc(S(=O)[O-])c(Cl)c1.[Na+]. The Morgan fingerprint density at radius 2 is 2.13 bits per heavy atom. The van der Waals surface area contributed by atoms with E-state index in [1.807, 2.05) is 0 Å². The van der Waals surface area contributed by atoms with Crippen LogP contribution in [0.3, 0.4) is 0 Å². The van der Waals surface area contributed by atoms with Crippen molar-refractivity contribution in [2.75, 3.05) is 7.11 Å². The van der Waals surface area contributed by atoms with E-state index in [1.165, 1.54) is 25.3 Å². The van der Waals surface area contributed by atoms with Gasteiger partial charge in [0.05, 0.1) is 17.7 Å². The molecule has 4 nitrogen and oxygen atoms in total. The predicted octanol–water partition coefficient (Wildman–Crippen LogP) is -1.63. The third kappa shape index (κ3) is 3.86. The van der Waals surface area contributed by atoms with Gasteiger partial charge in [0.1, 0.15) is 0 Å². The zero-order valence-electron chi connectivity index (χ0n) is 8.15. The zero-order chi connectivity index (χ0) is 10.7. The molecular formula is C8H6ClNaO4S. The molecule has 0 spiro atoms. The quantitative estimate of drug-likeness (QED) is 0.362. The van der Waals surface area contributed by atoms with Crippen molar-refractivity contribution in [3.8, 4) is 0 Å². The summed E-state index contributed by atoms with van der Waals surface area (Å²) in [6, 6.07) is 3.83. The van der Waals surface area contributed by atoms with E-state index in [0.717, 1.165) is 0 Å². The van der Waals surface area contributed by atoms with Gasteiger partial charge in [0.25, 0.3) is 0 Å². The Bertz CT molecular complexity index is 396. The summed E-state index contributed by atoms with van der Waals surface area (Å²) in [5.41, 5.74) is 0.215. The molecule has 1 unspecified atom stereocenters. The fraction of sp³-hybridized carbons (Fsp3) is 0.125. The van der Waals surface area contributed by atoms with E-state index in [0.29, 0.717) is 0 Å². The summed E-state index contributed by atoms with van der Waals surface area (Å²) < 4.78 is 25.6. The van der Waals surface area contributed by atoms with E-state index in [1.54, 1.807) is 0 Å². The minimum atomic E-state index is -2.40. The first-order chi connectivity index (χ1) is 6.56. The fourth-order valence-electron chi connectivity index (χ4n) is 0.881. The molecule has 0 aliphatic rings. The average Bonchev–Trinajstić information content (AvgIpc) is 2.15. The van der Waals surface area contributed by atoms with Crippen LogP contribution in [-0.4, -0.2) is 21.8 Å². The smallest absolute Gasteiger partial charge is 0.768 e. The van der Waals surface area contributed by atoms with Crippen molar-refractivity contribution < 1.29 is 47.9 Å². The number of rotatable bonds is 2. The number of esters is 1. The molecule has 0 aliphatic carbocycles. The third-order valence-corrected chi connectivity index (χ3v) is 2.67. The van der Waals surface area contributed by atoms with Crippen LogP contribution in [0.15, 0.2) is 23.1 Å². The zero-order valence-corrected chi connectivity index (χ0v) is 11.7. The Balaban J connectivity index is 0.00000196. The molecule has 15 heavy (non-hydrogen) atoms. The first kappa shape index (κ1) is 15.1. The Morgan fingerprint density at radius 1 is 1.53 bits per heavy atom. The second-order valence-corrected chi connectivity index (χ2v) is 3.69. The molecule has 7 heteroatoms. The Morgan fingerprint density at radius 3 is 2.53 bits per heavy atom. The van der Waals surface area contributed by atoms with Crippen LogP contribution in [0, 0.1) is 0 Å². The van der Waals surface area contributed by atoms with E-state index >= 15 is 0 Å². The van der Waals surface area contributed by atoms with Crippen LogP contribution in [-0.2, 0) is 15.8 Å². The number of halogens is 1. The van der Waals surface area contributed by atoms with E-state index in [2.05, 4.69) is 4.74 Å². The van der Waals surface area contributed by atoms with Crippen molar-refractivity contribution >= 4 is 28.7 Å². The molecular weight excluding hydrogens is 251 g/mol. The number of carbonyl (C=O) groups is 1. The molecule has 1 aromatic carbocycles. The molecule has 0 aliphatic heterocycles. The summed E-state index contributed by atoms with van der Waals surface area (Å²) in [4.78, 5) is 11.0. The Hall–Kier alpha value is 0.0900. The maximum absolute atomic E-state index is 11.0. The van der Waals surface area contributed by atoms with Gasteiger partial charge >= 0.3 is 35.5 Å². The molecule has 0 saturated carbocycles. The molecule has 0 heterocycles. The van der Waals surface area contributed by atoms with Crippen LogP contribution in [0.5, 0.6) is 0 Å². The van der Waals surface area contributed by atoms with Gasteiger partial charge in [0, 0.05) is 4.90 Å². The van der Waals surface area contributed by atoms with Gasteiger partial charge in [-0.15, -0.1) is 0 Å². The third-order valence-electron chi connectivity index (χ3n) is 1.53. The van der Waals surface area contributed by atoms with Gasteiger partial charge in [-0.2, -0.15) is 0 Å². The summed E-state index contributed by atoms with van der Waals surface area (Å²) in [6.07, 6.45) is 0. The average molecular weight is 257 g/mol. The van der Waals surface area contributed by atoms with E-state index < -0.39 is 17.0 Å². The molecule has 0 radical (unpaired) electrons. The van der Waals surface area contributed by atoms with Crippen molar-refractivity contribution in [1.82, 2.24) is 0 Å². The van der Waals surface area contributed by atoms with Crippen molar-refractivity contribution in [2.24, 2.45) is 0 Å². The number of benzene rings is 1. The summed E-state index contributed by atoms with van der Waals surface area (Å²) in [5, 5.41) is 0.00114. The van der Waals surface area contributed by atoms with Crippen LogP contribution in [0.1, 0.15) is 10.4 Å². The van der Waals surface area contributed by atoms with Gasteiger partial charge in [-0.05, 0) is 29.3 Å². The van der Waals surface area contributed by atoms with E-state index in [4.69, 9.17) is 11.6 Å². The van der Waals surface area contributed by atoms with Crippen LogP contribution in [0.25, 0.3) is 0 Å². The first-order valence-electron chi connectivity index (χ1n) is 3.53. The van der Waals surface area contributed by atoms with Gasteiger partial charge in [0.2, 0.25) is 0 Å². The van der Waals surface area contributed by atoms with Crippen LogP contribution in [0.4, 0.5) is 0 Å². The normalized spacial score (nSPS) is 11.4. The van der Waals surface area contributed by atoms with Gasteiger partial charge in [-0.25, -0.2) is 4.79 Å². The maximum atomic E-state index is 11.0. The number of methoxy groups -OCH3 is 1. The molecule has 1 aromatic rings. The van der Waals surface area contributed by atoms with Gasteiger partial charge in [-0.1, -0.05) is 11.6 Å². The molecule has 0 N–H and O–H groups in total. The minimum Gasteiger partial charge on any atom is -0.768 e. The molecule has 1 atom stereocenters. The maximum Gasteiger partial charge on any atom is 1.00 e. The predicted molar refractivity (Wildman–Crippen MR) is 50.0 cm³/mol. The molecule has 76 valence electrons. The van der Waals surface area contributed by atoms with Crippen molar-refractivity contribution in [3.05, 3.63) is 28.8 Å². The summed E-state index contributed by atoms with van der Waals surface area (Å²) >= 11 is 3.23. The second kappa shape index (κ2) is 6.62. The van der Waals surface area contributed by atoms with Crippen molar-refractivity contribution in [3.63, 3.8) is 0 Å². The van der Waals surface area contributed by atoms with E-state index in [-0.39, 0.29) is 45.0 Å². The van der Waals surface area contributed by atoms with Gasteiger partial charge in [0.15, 0.2) is 0 Å².